The highest BCUT2D eigenvalue weighted by molar-refractivity contribution is 5.39. The summed E-state index contributed by atoms with van der Waals surface area (Å²) in [5, 5.41) is 9.94. The topological polar surface area (TPSA) is 56.5 Å². The molecule has 1 atom stereocenters. The minimum Gasteiger partial charge on any atom is -0.491 e. The average Bonchev–Trinajstić information content (AvgIpc) is 3.14. The van der Waals surface area contributed by atoms with Crippen LogP contribution >= 0.6 is 0 Å². The van der Waals surface area contributed by atoms with Crippen molar-refractivity contribution in [1.29, 1.82) is 0 Å². The van der Waals surface area contributed by atoms with Gasteiger partial charge in [-0.15, -0.1) is 0 Å². The van der Waals surface area contributed by atoms with E-state index < -0.39 is 6.10 Å². The van der Waals surface area contributed by atoms with E-state index in [4.69, 9.17) is 9.47 Å². The van der Waals surface area contributed by atoms with E-state index in [2.05, 4.69) is 4.98 Å². The van der Waals surface area contributed by atoms with Crippen molar-refractivity contribution >= 4 is 0 Å². The molecule has 2 aromatic carbocycles. The van der Waals surface area contributed by atoms with Crippen LogP contribution in [0.4, 0.5) is 4.39 Å². The van der Waals surface area contributed by atoms with Crippen LogP contribution in [-0.2, 0) is 0 Å². The highest BCUT2D eigenvalue weighted by atomic mass is 19.1. The normalized spacial score (nSPS) is 11.9. The minimum absolute atomic E-state index is 0.0623. The molecule has 0 fully saturated rings. The van der Waals surface area contributed by atoms with Gasteiger partial charge in [-0.3, -0.25) is 0 Å². The third-order valence-electron chi connectivity index (χ3n) is 3.32. The molecule has 3 rings (SSSR count). The number of halogens is 1. The molecule has 1 N–H and O–H groups in total. The summed E-state index contributed by atoms with van der Waals surface area (Å²) in [6, 6.07) is 13.1. The molecule has 0 bridgehead atoms. The quantitative estimate of drug-likeness (QED) is 0.724. The summed E-state index contributed by atoms with van der Waals surface area (Å²) in [5.41, 5.74) is 0.919. The summed E-state index contributed by atoms with van der Waals surface area (Å²) in [7, 11) is 0. The molecular weight excluding hydrogens is 311 g/mol. The Bertz CT molecular complexity index is 760. The van der Waals surface area contributed by atoms with Crippen molar-refractivity contribution in [3.63, 3.8) is 0 Å². The second-order valence-corrected chi connectivity index (χ2v) is 5.20. The predicted molar refractivity (Wildman–Crippen MR) is 87.0 cm³/mol. The SMILES string of the molecule is OC(COc1ccc(F)cc1)COc1cccc(-n2ccnc2)c1. The molecule has 5 nitrogen and oxygen atoms in total. The molecule has 1 aromatic heterocycles. The average molecular weight is 328 g/mol. The minimum atomic E-state index is -0.799. The Morgan fingerprint density at radius 2 is 1.79 bits per heavy atom. The zero-order valence-electron chi connectivity index (χ0n) is 12.9. The van der Waals surface area contributed by atoms with Crippen molar-refractivity contribution in [2.24, 2.45) is 0 Å². The number of benzene rings is 2. The molecule has 1 heterocycles. The molecular formula is C18H17FN2O3. The Morgan fingerprint density at radius 3 is 2.50 bits per heavy atom. The van der Waals surface area contributed by atoms with Gasteiger partial charge < -0.3 is 19.1 Å². The first-order valence-corrected chi connectivity index (χ1v) is 7.48. The van der Waals surface area contributed by atoms with Crippen LogP contribution in [0.25, 0.3) is 5.69 Å². The summed E-state index contributed by atoms with van der Waals surface area (Å²) in [5.74, 6) is 0.809. The van der Waals surface area contributed by atoms with Gasteiger partial charge in [-0.2, -0.15) is 0 Å². The predicted octanol–water partition coefficient (Wildman–Crippen LogP) is 2.83. The standard InChI is InChI=1S/C18H17FN2O3/c19-14-4-6-17(7-5-14)23-11-16(22)12-24-18-3-1-2-15(10-18)21-9-8-20-13-21/h1-10,13,16,22H,11-12H2. The number of rotatable bonds is 7. The molecule has 124 valence electrons. The number of imidazole rings is 1. The van der Waals surface area contributed by atoms with E-state index in [1.54, 1.807) is 12.5 Å². The van der Waals surface area contributed by atoms with E-state index in [1.165, 1.54) is 24.3 Å². The molecule has 1 unspecified atom stereocenters. The third-order valence-corrected chi connectivity index (χ3v) is 3.32. The van der Waals surface area contributed by atoms with Crippen molar-refractivity contribution in [3.8, 4) is 17.2 Å². The number of aliphatic hydroxyl groups is 1. The largest absolute Gasteiger partial charge is 0.491 e. The molecule has 0 aliphatic rings. The van der Waals surface area contributed by atoms with Crippen LogP contribution in [0.5, 0.6) is 11.5 Å². The highest BCUT2D eigenvalue weighted by Gasteiger charge is 2.07. The van der Waals surface area contributed by atoms with Crippen molar-refractivity contribution < 1.29 is 19.0 Å². The Labute approximate surface area is 138 Å². The van der Waals surface area contributed by atoms with Gasteiger partial charge in [0, 0.05) is 18.5 Å². The second kappa shape index (κ2) is 7.61. The molecule has 0 radical (unpaired) electrons. The summed E-state index contributed by atoms with van der Waals surface area (Å²) in [6.45, 7) is 0.154. The second-order valence-electron chi connectivity index (χ2n) is 5.20. The van der Waals surface area contributed by atoms with Gasteiger partial charge in [-0.1, -0.05) is 6.07 Å². The first-order valence-electron chi connectivity index (χ1n) is 7.48. The van der Waals surface area contributed by atoms with E-state index in [0.717, 1.165) is 5.69 Å². The van der Waals surface area contributed by atoms with Gasteiger partial charge in [0.15, 0.2) is 0 Å². The number of hydrogen-bond acceptors (Lipinski definition) is 4. The van der Waals surface area contributed by atoms with Crippen LogP contribution in [-0.4, -0.2) is 34.0 Å². The molecule has 0 saturated heterocycles. The summed E-state index contributed by atoms with van der Waals surface area (Å²) < 4.78 is 25.6. The lowest BCUT2D eigenvalue weighted by molar-refractivity contribution is 0.0626. The number of aromatic nitrogens is 2. The van der Waals surface area contributed by atoms with E-state index >= 15 is 0 Å². The molecule has 3 aromatic rings. The fourth-order valence-electron chi connectivity index (χ4n) is 2.11. The maximum absolute atomic E-state index is 12.8. The lowest BCUT2D eigenvalue weighted by atomic mass is 10.3. The van der Waals surface area contributed by atoms with Crippen LogP contribution < -0.4 is 9.47 Å². The molecule has 0 spiro atoms. The Morgan fingerprint density at radius 1 is 1.04 bits per heavy atom. The molecule has 0 aliphatic carbocycles. The number of ether oxygens (including phenoxy) is 2. The van der Waals surface area contributed by atoms with Gasteiger partial charge in [-0.05, 0) is 36.4 Å². The van der Waals surface area contributed by atoms with Gasteiger partial charge in [-0.25, -0.2) is 9.37 Å². The Hall–Kier alpha value is -2.86. The molecule has 0 saturated carbocycles. The fourth-order valence-corrected chi connectivity index (χ4v) is 2.11. The Balaban J connectivity index is 1.50. The number of aliphatic hydroxyl groups excluding tert-OH is 1. The van der Waals surface area contributed by atoms with E-state index in [-0.39, 0.29) is 19.0 Å². The molecule has 0 aliphatic heterocycles. The first-order chi connectivity index (χ1) is 11.7. The molecule has 6 heteroatoms. The highest BCUT2D eigenvalue weighted by Crippen LogP contribution is 2.17. The lowest BCUT2D eigenvalue weighted by Gasteiger charge is -2.14. The maximum Gasteiger partial charge on any atom is 0.123 e. The third kappa shape index (κ3) is 4.33. The van der Waals surface area contributed by atoms with Crippen LogP contribution in [0.15, 0.2) is 67.3 Å². The fraction of sp³-hybridized carbons (Fsp3) is 0.167. The summed E-state index contributed by atoms with van der Waals surface area (Å²) >= 11 is 0. The van der Waals surface area contributed by atoms with Gasteiger partial charge >= 0.3 is 0 Å². The van der Waals surface area contributed by atoms with E-state index in [1.807, 2.05) is 35.0 Å². The van der Waals surface area contributed by atoms with Gasteiger partial charge in [0.05, 0.1) is 12.0 Å². The van der Waals surface area contributed by atoms with Crippen molar-refractivity contribution in [2.45, 2.75) is 6.10 Å². The number of nitrogens with zero attached hydrogens (tertiary/aromatic N) is 2. The zero-order valence-corrected chi connectivity index (χ0v) is 12.9. The van der Waals surface area contributed by atoms with Crippen molar-refractivity contribution in [1.82, 2.24) is 9.55 Å². The molecule has 0 amide bonds. The van der Waals surface area contributed by atoms with Crippen molar-refractivity contribution in [3.05, 3.63) is 73.1 Å². The smallest absolute Gasteiger partial charge is 0.123 e. The van der Waals surface area contributed by atoms with Crippen LogP contribution in [0.1, 0.15) is 0 Å². The molecule has 24 heavy (non-hydrogen) atoms. The summed E-state index contributed by atoms with van der Waals surface area (Å²) in [6.07, 6.45) is 4.44. The van der Waals surface area contributed by atoms with E-state index in [9.17, 15) is 9.50 Å². The Kier molecular flexibility index (Phi) is 5.08. The lowest BCUT2D eigenvalue weighted by Crippen LogP contribution is -2.25. The van der Waals surface area contributed by atoms with Crippen LogP contribution in [0.2, 0.25) is 0 Å². The zero-order chi connectivity index (χ0) is 16.8. The van der Waals surface area contributed by atoms with Gasteiger partial charge in [0.1, 0.15) is 36.6 Å². The van der Waals surface area contributed by atoms with Crippen LogP contribution in [0, 0.1) is 5.82 Å². The monoisotopic (exact) mass is 328 g/mol. The first kappa shape index (κ1) is 16.0. The van der Waals surface area contributed by atoms with Gasteiger partial charge in [0.25, 0.3) is 0 Å². The number of hydrogen-bond donors (Lipinski definition) is 1. The maximum atomic E-state index is 12.8. The summed E-state index contributed by atoms with van der Waals surface area (Å²) in [4.78, 5) is 4.00. The van der Waals surface area contributed by atoms with Crippen molar-refractivity contribution in [2.75, 3.05) is 13.2 Å². The van der Waals surface area contributed by atoms with Gasteiger partial charge in [0.2, 0.25) is 0 Å². The van der Waals surface area contributed by atoms with Crippen LogP contribution in [0.3, 0.4) is 0 Å². The van der Waals surface area contributed by atoms with E-state index in [0.29, 0.717) is 11.5 Å².